The molecular formula is C14H25NOS. The highest BCUT2D eigenvalue weighted by molar-refractivity contribution is 7.10. The molecule has 0 fully saturated rings. The summed E-state index contributed by atoms with van der Waals surface area (Å²) in [5.74, 6) is 0.790. The van der Waals surface area contributed by atoms with E-state index in [0.717, 1.165) is 32.2 Å². The van der Waals surface area contributed by atoms with Crippen molar-refractivity contribution in [2.75, 3.05) is 19.8 Å². The molecule has 0 unspecified atom stereocenters. The van der Waals surface area contributed by atoms with Crippen LogP contribution in [0.2, 0.25) is 0 Å². The van der Waals surface area contributed by atoms with E-state index in [-0.39, 0.29) is 0 Å². The van der Waals surface area contributed by atoms with E-state index >= 15 is 0 Å². The summed E-state index contributed by atoms with van der Waals surface area (Å²) in [6, 6.07) is 2.17. The van der Waals surface area contributed by atoms with Gasteiger partial charge in [-0.3, -0.25) is 0 Å². The molecule has 0 saturated heterocycles. The first-order chi connectivity index (χ1) is 8.20. The minimum absolute atomic E-state index is 0.790. The van der Waals surface area contributed by atoms with Crippen LogP contribution in [0.25, 0.3) is 0 Å². The fraction of sp³-hybridized carbons (Fsp3) is 0.714. The summed E-state index contributed by atoms with van der Waals surface area (Å²) >= 11 is 1.82. The van der Waals surface area contributed by atoms with Gasteiger partial charge in [-0.25, -0.2) is 0 Å². The maximum Gasteiger partial charge on any atom is 0.0591 e. The summed E-state index contributed by atoms with van der Waals surface area (Å²) in [4.78, 5) is 1.44. The predicted octanol–water partition coefficient (Wildman–Crippen LogP) is 3.60. The van der Waals surface area contributed by atoms with Crippen LogP contribution < -0.4 is 5.32 Å². The van der Waals surface area contributed by atoms with Gasteiger partial charge in [0.25, 0.3) is 0 Å². The van der Waals surface area contributed by atoms with Crippen LogP contribution in [0.15, 0.2) is 11.4 Å². The standard InChI is InChI=1S/C14H25NOS/c1-12(2)5-4-8-16-9-7-15-11-14-13(3)6-10-17-14/h6,10,12,15H,4-5,7-9,11H2,1-3H3. The van der Waals surface area contributed by atoms with E-state index in [1.165, 1.54) is 23.3 Å². The Bertz CT molecular complexity index is 296. The molecule has 0 aliphatic rings. The third-order valence-electron chi connectivity index (χ3n) is 2.75. The summed E-state index contributed by atoms with van der Waals surface area (Å²) in [6.45, 7) is 10.3. The lowest BCUT2D eigenvalue weighted by atomic mass is 10.1. The topological polar surface area (TPSA) is 21.3 Å². The van der Waals surface area contributed by atoms with Crippen molar-refractivity contribution in [3.05, 3.63) is 21.9 Å². The molecule has 0 bridgehead atoms. The highest BCUT2D eigenvalue weighted by Crippen LogP contribution is 2.14. The maximum absolute atomic E-state index is 5.57. The van der Waals surface area contributed by atoms with Gasteiger partial charge in [0.15, 0.2) is 0 Å². The first kappa shape index (κ1) is 14.7. The molecule has 0 aromatic carbocycles. The fourth-order valence-electron chi connectivity index (χ4n) is 1.63. The summed E-state index contributed by atoms with van der Waals surface area (Å²) in [5.41, 5.74) is 1.39. The van der Waals surface area contributed by atoms with Gasteiger partial charge in [-0.15, -0.1) is 11.3 Å². The summed E-state index contributed by atoms with van der Waals surface area (Å²) in [7, 11) is 0. The quantitative estimate of drug-likeness (QED) is 0.681. The second-order valence-electron chi connectivity index (χ2n) is 4.85. The molecule has 0 amide bonds. The van der Waals surface area contributed by atoms with E-state index in [1.807, 2.05) is 11.3 Å². The van der Waals surface area contributed by atoms with Crippen molar-refractivity contribution in [2.45, 2.75) is 40.2 Å². The maximum atomic E-state index is 5.57. The van der Waals surface area contributed by atoms with E-state index in [9.17, 15) is 0 Å². The highest BCUT2D eigenvalue weighted by Gasteiger charge is 1.98. The third kappa shape index (κ3) is 6.81. The number of nitrogens with one attached hydrogen (secondary N) is 1. The van der Waals surface area contributed by atoms with Gasteiger partial charge >= 0.3 is 0 Å². The van der Waals surface area contributed by atoms with Crippen LogP contribution >= 0.6 is 11.3 Å². The van der Waals surface area contributed by atoms with Crippen LogP contribution in [0.4, 0.5) is 0 Å². The molecule has 98 valence electrons. The Kier molecular flexibility index (Phi) is 7.49. The lowest BCUT2D eigenvalue weighted by Gasteiger charge is -2.07. The average Bonchev–Trinajstić information content (AvgIpc) is 2.68. The van der Waals surface area contributed by atoms with Gasteiger partial charge in [0.05, 0.1) is 6.61 Å². The van der Waals surface area contributed by atoms with E-state index in [4.69, 9.17) is 4.74 Å². The van der Waals surface area contributed by atoms with Gasteiger partial charge in [0.2, 0.25) is 0 Å². The average molecular weight is 255 g/mol. The molecule has 0 radical (unpaired) electrons. The molecule has 1 aromatic rings. The second kappa shape index (κ2) is 8.67. The van der Waals surface area contributed by atoms with Crippen LogP contribution in [-0.2, 0) is 11.3 Å². The Morgan fingerprint density at radius 2 is 2.18 bits per heavy atom. The van der Waals surface area contributed by atoms with Crippen molar-refractivity contribution < 1.29 is 4.74 Å². The number of aryl methyl sites for hydroxylation is 1. The smallest absolute Gasteiger partial charge is 0.0591 e. The lowest BCUT2D eigenvalue weighted by molar-refractivity contribution is 0.129. The third-order valence-corrected chi connectivity index (χ3v) is 3.77. The molecule has 0 saturated carbocycles. The van der Waals surface area contributed by atoms with Crippen LogP contribution in [0.1, 0.15) is 37.1 Å². The zero-order chi connectivity index (χ0) is 12.5. The zero-order valence-corrected chi connectivity index (χ0v) is 12.1. The van der Waals surface area contributed by atoms with Crippen molar-refractivity contribution >= 4 is 11.3 Å². The first-order valence-electron chi connectivity index (χ1n) is 6.51. The number of thiophene rings is 1. The van der Waals surface area contributed by atoms with Crippen molar-refractivity contribution in [3.8, 4) is 0 Å². The lowest BCUT2D eigenvalue weighted by Crippen LogP contribution is -2.19. The molecule has 0 atom stereocenters. The molecule has 17 heavy (non-hydrogen) atoms. The number of rotatable bonds is 9. The Hall–Kier alpha value is -0.380. The van der Waals surface area contributed by atoms with Crippen LogP contribution in [0.3, 0.4) is 0 Å². The number of ether oxygens (including phenoxy) is 1. The summed E-state index contributed by atoms with van der Waals surface area (Å²) in [6.07, 6.45) is 2.45. The van der Waals surface area contributed by atoms with Crippen molar-refractivity contribution in [1.29, 1.82) is 0 Å². The van der Waals surface area contributed by atoms with Crippen LogP contribution in [0, 0.1) is 12.8 Å². The molecule has 0 aliphatic carbocycles. The van der Waals surface area contributed by atoms with Crippen LogP contribution in [0.5, 0.6) is 0 Å². The van der Waals surface area contributed by atoms with E-state index in [0.29, 0.717) is 0 Å². The van der Waals surface area contributed by atoms with Gasteiger partial charge in [0.1, 0.15) is 0 Å². The SMILES string of the molecule is Cc1ccsc1CNCCOCCCC(C)C. The number of hydrogen-bond donors (Lipinski definition) is 1. The molecule has 1 rings (SSSR count). The Morgan fingerprint density at radius 3 is 2.82 bits per heavy atom. The monoisotopic (exact) mass is 255 g/mol. The van der Waals surface area contributed by atoms with E-state index in [1.54, 1.807) is 0 Å². The van der Waals surface area contributed by atoms with Crippen molar-refractivity contribution in [2.24, 2.45) is 5.92 Å². The zero-order valence-electron chi connectivity index (χ0n) is 11.3. The number of hydrogen-bond acceptors (Lipinski definition) is 3. The molecule has 0 aliphatic heterocycles. The molecule has 1 aromatic heterocycles. The molecular weight excluding hydrogens is 230 g/mol. The predicted molar refractivity (Wildman–Crippen MR) is 75.7 cm³/mol. The second-order valence-corrected chi connectivity index (χ2v) is 5.85. The Labute approximate surface area is 109 Å². The largest absolute Gasteiger partial charge is 0.380 e. The summed E-state index contributed by atoms with van der Waals surface area (Å²) in [5, 5.41) is 5.56. The van der Waals surface area contributed by atoms with E-state index < -0.39 is 0 Å². The first-order valence-corrected chi connectivity index (χ1v) is 7.39. The van der Waals surface area contributed by atoms with Crippen molar-refractivity contribution in [1.82, 2.24) is 5.32 Å². The minimum Gasteiger partial charge on any atom is -0.380 e. The molecule has 1 heterocycles. The van der Waals surface area contributed by atoms with E-state index in [2.05, 4.69) is 37.5 Å². The molecule has 3 heteroatoms. The van der Waals surface area contributed by atoms with Gasteiger partial charge in [-0.05, 0) is 42.7 Å². The van der Waals surface area contributed by atoms with Gasteiger partial charge < -0.3 is 10.1 Å². The molecule has 2 nitrogen and oxygen atoms in total. The molecule has 1 N–H and O–H groups in total. The minimum atomic E-state index is 0.790. The normalized spacial score (nSPS) is 11.3. The van der Waals surface area contributed by atoms with Crippen molar-refractivity contribution in [3.63, 3.8) is 0 Å². The van der Waals surface area contributed by atoms with Crippen LogP contribution in [-0.4, -0.2) is 19.8 Å². The fourth-order valence-corrected chi connectivity index (χ4v) is 2.50. The van der Waals surface area contributed by atoms with Gasteiger partial charge in [0, 0.05) is 24.6 Å². The van der Waals surface area contributed by atoms with Gasteiger partial charge in [-0.1, -0.05) is 13.8 Å². The summed E-state index contributed by atoms with van der Waals surface area (Å²) < 4.78 is 5.57. The Balaban J connectivity index is 1.90. The van der Waals surface area contributed by atoms with Gasteiger partial charge in [-0.2, -0.15) is 0 Å². The highest BCUT2D eigenvalue weighted by atomic mass is 32.1. The Morgan fingerprint density at radius 1 is 1.35 bits per heavy atom. The molecule has 0 spiro atoms.